The van der Waals surface area contributed by atoms with Gasteiger partial charge in [-0.05, 0) is 114 Å². The molecule has 4 heterocycles. The molecule has 2 aromatic heterocycles. The Hall–Kier alpha value is -5.65. The van der Waals surface area contributed by atoms with Crippen LogP contribution in [0.15, 0.2) is 75.7 Å². The van der Waals surface area contributed by atoms with Crippen molar-refractivity contribution in [2.45, 2.75) is 75.5 Å². The molecule has 328 valence electrons. The van der Waals surface area contributed by atoms with Gasteiger partial charge in [0, 0.05) is 55.3 Å². The number of nitrogens with one attached hydrogen (secondary N) is 3. The van der Waals surface area contributed by atoms with Crippen molar-refractivity contribution in [3.05, 3.63) is 93.2 Å². The molecule has 17 heteroatoms. The minimum atomic E-state index is -3.58. The average molecular weight is 883 g/mol. The summed E-state index contributed by atoms with van der Waals surface area (Å²) < 4.78 is 28.7. The highest BCUT2D eigenvalue weighted by atomic mass is 32.2. The van der Waals surface area contributed by atoms with E-state index >= 15 is 0 Å². The third kappa shape index (κ3) is 9.69. The van der Waals surface area contributed by atoms with Crippen LogP contribution in [0.25, 0.3) is 22.3 Å². The molecule has 1 unspecified atom stereocenters. The number of aryl methyl sites for hydroxylation is 3. The highest BCUT2D eigenvalue weighted by Crippen LogP contribution is 2.31. The maximum absolute atomic E-state index is 13.3. The van der Waals surface area contributed by atoms with E-state index in [4.69, 9.17) is 0 Å². The van der Waals surface area contributed by atoms with Gasteiger partial charge in [0.1, 0.15) is 6.04 Å². The van der Waals surface area contributed by atoms with Gasteiger partial charge in [-0.1, -0.05) is 30.3 Å². The number of anilines is 2. The van der Waals surface area contributed by atoms with Crippen LogP contribution in [0.2, 0.25) is 0 Å². The SMILES string of the molecule is Cc1ccc(C(=O)NCC(=O)Nc2nc(-c3cccc(N4CCC(CN(C)CCCc5cccc6c5n(C)c(=O)n6C5CCC(=O)NC5=O)CC4)c3)cs2)cc1S(=O)(=O)C(C)C. The lowest BCUT2D eigenvalue weighted by atomic mass is 9.95. The summed E-state index contributed by atoms with van der Waals surface area (Å²) in [6, 6.07) is 17.9. The second-order valence-corrected chi connectivity index (χ2v) is 20.0. The highest BCUT2D eigenvalue weighted by Gasteiger charge is 2.32. The summed E-state index contributed by atoms with van der Waals surface area (Å²) in [7, 11) is 0.326. The second-order valence-electron chi connectivity index (χ2n) is 16.7. The molecule has 0 radical (unpaired) electrons. The topological polar surface area (TPSA) is 185 Å². The van der Waals surface area contributed by atoms with E-state index in [2.05, 4.69) is 49.9 Å². The van der Waals surface area contributed by atoms with Crippen molar-refractivity contribution in [1.82, 2.24) is 29.7 Å². The van der Waals surface area contributed by atoms with Crippen LogP contribution in [-0.4, -0.2) is 96.1 Å². The predicted octanol–water partition coefficient (Wildman–Crippen LogP) is 5.08. The fourth-order valence-electron chi connectivity index (χ4n) is 8.45. The molecule has 5 aromatic rings. The molecule has 0 bridgehead atoms. The number of nitrogens with zero attached hydrogens (tertiary/aromatic N) is 5. The van der Waals surface area contributed by atoms with E-state index in [-0.39, 0.29) is 35.0 Å². The number of hydrogen-bond donors (Lipinski definition) is 3. The molecule has 62 heavy (non-hydrogen) atoms. The lowest BCUT2D eigenvalue weighted by Crippen LogP contribution is -2.44. The molecule has 0 saturated carbocycles. The number of para-hydroxylation sites is 1. The Morgan fingerprint density at radius 3 is 2.52 bits per heavy atom. The zero-order chi connectivity index (χ0) is 44.3. The minimum Gasteiger partial charge on any atom is -0.371 e. The van der Waals surface area contributed by atoms with Gasteiger partial charge in [0.05, 0.1) is 33.4 Å². The summed E-state index contributed by atoms with van der Waals surface area (Å²) in [6.45, 7) is 8.33. The first-order valence-corrected chi connectivity index (χ1v) is 23.5. The Morgan fingerprint density at radius 1 is 1.02 bits per heavy atom. The molecule has 0 spiro atoms. The number of hydrogen-bond acceptors (Lipinski definition) is 11. The Labute approximate surface area is 365 Å². The monoisotopic (exact) mass is 882 g/mol. The molecule has 4 amide bonds. The molecule has 2 aliphatic heterocycles. The lowest BCUT2D eigenvalue weighted by Gasteiger charge is -2.35. The van der Waals surface area contributed by atoms with E-state index in [9.17, 15) is 32.4 Å². The van der Waals surface area contributed by atoms with Crippen LogP contribution in [-0.2, 0) is 37.7 Å². The summed E-state index contributed by atoms with van der Waals surface area (Å²) in [5, 5.41) is 9.36. The molecule has 7 rings (SSSR count). The quantitative estimate of drug-likeness (QED) is 0.120. The zero-order valence-corrected chi connectivity index (χ0v) is 37.4. The van der Waals surface area contributed by atoms with E-state index in [1.165, 1.54) is 22.0 Å². The number of aromatic nitrogens is 3. The molecule has 2 aliphatic rings. The number of fused-ring (bicyclic) bond motifs is 1. The molecule has 1 atom stereocenters. The van der Waals surface area contributed by atoms with Crippen LogP contribution >= 0.6 is 11.3 Å². The number of carbonyl (C=O) groups is 4. The smallest absolute Gasteiger partial charge is 0.329 e. The zero-order valence-electron chi connectivity index (χ0n) is 35.8. The van der Waals surface area contributed by atoms with Gasteiger partial charge in [-0.25, -0.2) is 18.2 Å². The van der Waals surface area contributed by atoms with Crippen LogP contribution in [0, 0.1) is 12.8 Å². The van der Waals surface area contributed by atoms with Crippen LogP contribution in [0.3, 0.4) is 0 Å². The number of piperidine rings is 2. The van der Waals surface area contributed by atoms with Gasteiger partial charge in [0.2, 0.25) is 17.7 Å². The highest BCUT2D eigenvalue weighted by molar-refractivity contribution is 7.92. The first-order valence-electron chi connectivity index (χ1n) is 21.0. The first-order chi connectivity index (χ1) is 29.6. The minimum absolute atomic E-state index is 0.104. The summed E-state index contributed by atoms with van der Waals surface area (Å²) in [5.41, 5.74) is 5.86. The van der Waals surface area contributed by atoms with Crippen molar-refractivity contribution in [2.24, 2.45) is 13.0 Å². The van der Waals surface area contributed by atoms with Crippen molar-refractivity contribution in [2.75, 3.05) is 50.0 Å². The summed E-state index contributed by atoms with van der Waals surface area (Å²) in [4.78, 5) is 72.8. The Kier molecular flexibility index (Phi) is 13.4. The van der Waals surface area contributed by atoms with Crippen molar-refractivity contribution in [3.8, 4) is 11.3 Å². The third-order valence-corrected chi connectivity index (χ3v) is 15.0. The molecular formula is C45H54N8O7S2. The molecule has 0 aliphatic carbocycles. The number of sulfone groups is 1. The number of rotatable bonds is 15. The van der Waals surface area contributed by atoms with E-state index < -0.39 is 38.9 Å². The van der Waals surface area contributed by atoms with Crippen LogP contribution in [0.4, 0.5) is 10.8 Å². The maximum atomic E-state index is 13.3. The maximum Gasteiger partial charge on any atom is 0.329 e. The number of carbonyl (C=O) groups excluding carboxylic acids is 4. The standard InChI is InChI=1S/C45H54N8O7S2/c1-28(2)62(59,60)38-24-33(15-14-29(38)3)42(56)46-25-40(55)49-44-47-35(27-61-44)32-10-6-12-34(23-32)52-21-18-30(19-22-52)26-50(4)20-8-11-31-9-7-13-36-41(31)51(5)45(58)53(36)37-16-17-39(54)48-43(37)57/h6-7,9-10,12-15,23-24,27-28,30,37H,8,11,16-22,25-26H2,1-5H3,(H,46,56)(H,47,49,55)(H,48,54,57). The van der Waals surface area contributed by atoms with Crippen LogP contribution in [0.5, 0.6) is 0 Å². The summed E-state index contributed by atoms with van der Waals surface area (Å²) in [5.74, 6) is -1.17. The summed E-state index contributed by atoms with van der Waals surface area (Å²) >= 11 is 1.29. The number of imidazole rings is 1. The van der Waals surface area contributed by atoms with Gasteiger partial charge in [-0.3, -0.25) is 33.6 Å². The predicted molar refractivity (Wildman–Crippen MR) is 241 cm³/mol. The third-order valence-electron chi connectivity index (χ3n) is 11.9. The number of amides is 4. The van der Waals surface area contributed by atoms with Crippen molar-refractivity contribution < 1.29 is 27.6 Å². The van der Waals surface area contributed by atoms with Crippen molar-refractivity contribution >= 4 is 66.7 Å². The average Bonchev–Trinajstić information content (AvgIpc) is 3.81. The number of thiazole rings is 1. The Bertz CT molecular complexity index is 2680. The fraction of sp³-hybridized carbons (Fsp3) is 0.422. The van der Waals surface area contributed by atoms with Crippen LogP contribution < -0.4 is 26.5 Å². The van der Waals surface area contributed by atoms with Gasteiger partial charge in [0.25, 0.3) is 5.91 Å². The van der Waals surface area contributed by atoms with Gasteiger partial charge in [-0.2, -0.15) is 0 Å². The molecule has 2 fully saturated rings. The first kappa shape index (κ1) is 44.4. The number of benzene rings is 3. The largest absolute Gasteiger partial charge is 0.371 e. The molecule has 3 aromatic carbocycles. The molecule has 3 N–H and O–H groups in total. The van der Waals surface area contributed by atoms with Gasteiger partial charge < -0.3 is 20.4 Å². The molecule has 2 saturated heterocycles. The fourth-order valence-corrected chi connectivity index (χ4v) is 10.5. The normalized spacial score (nSPS) is 16.3. The van der Waals surface area contributed by atoms with E-state index in [1.54, 1.807) is 44.5 Å². The number of imide groups is 1. The lowest BCUT2D eigenvalue weighted by molar-refractivity contribution is -0.135. The van der Waals surface area contributed by atoms with Crippen molar-refractivity contribution in [3.63, 3.8) is 0 Å². The molecule has 15 nitrogen and oxygen atoms in total. The van der Waals surface area contributed by atoms with E-state index in [0.29, 0.717) is 23.0 Å². The van der Waals surface area contributed by atoms with Gasteiger partial charge in [0.15, 0.2) is 15.0 Å². The Balaban J connectivity index is 0.869. The van der Waals surface area contributed by atoms with Crippen molar-refractivity contribution in [1.29, 1.82) is 0 Å². The van der Waals surface area contributed by atoms with Gasteiger partial charge in [-0.15, -0.1) is 11.3 Å². The second kappa shape index (κ2) is 18.8. The Morgan fingerprint density at radius 2 is 1.77 bits per heavy atom. The van der Waals surface area contributed by atoms with Gasteiger partial charge >= 0.3 is 5.69 Å². The summed E-state index contributed by atoms with van der Waals surface area (Å²) in [6.07, 6.45) is 4.36. The van der Waals surface area contributed by atoms with Crippen LogP contribution in [0.1, 0.15) is 73.5 Å². The molecular weight excluding hydrogens is 829 g/mol. The van der Waals surface area contributed by atoms with E-state index in [1.807, 2.05) is 35.7 Å². The van der Waals surface area contributed by atoms with E-state index in [0.717, 1.165) is 85.4 Å².